The number of ether oxygens (including phenoxy) is 2. The van der Waals surface area contributed by atoms with Crippen molar-refractivity contribution in [3.8, 4) is 11.5 Å². The molecule has 0 aliphatic rings. The zero-order valence-electron chi connectivity index (χ0n) is 13.3. The van der Waals surface area contributed by atoms with Gasteiger partial charge in [-0.3, -0.25) is 4.79 Å². The number of carbonyl (C=O) groups is 1. The summed E-state index contributed by atoms with van der Waals surface area (Å²) in [6.45, 7) is 8.38. The van der Waals surface area contributed by atoms with Crippen LogP contribution in [0.2, 0.25) is 0 Å². The van der Waals surface area contributed by atoms with Gasteiger partial charge >= 0.3 is 0 Å². The van der Waals surface area contributed by atoms with Crippen molar-refractivity contribution < 1.29 is 19.4 Å². The highest BCUT2D eigenvalue weighted by Crippen LogP contribution is 2.26. The van der Waals surface area contributed by atoms with Crippen LogP contribution in [-0.4, -0.2) is 47.8 Å². The first-order valence-electron chi connectivity index (χ1n) is 7.22. The Morgan fingerprint density at radius 2 is 1.76 bits per heavy atom. The van der Waals surface area contributed by atoms with E-state index < -0.39 is 5.60 Å². The molecule has 1 N–H and O–H groups in total. The van der Waals surface area contributed by atoms with Crippen LogP contribution in [0.25, 0.3) is 0 Å². The summed E-state index contributed by atoms with van der Waals surface area (Å²) in [4.78, 5) is 13.7. The summed E-state index contributed by atoms with van der Waals surface area (Å²) in [5, 5.41) is 9.81. The number of rotatable bonds is 8. The lowest BCUT2D eigenvalue weighted by Gasteiger charge is -2.28. The molecule has 1 amide bonds. The normalized spacial score (nSPS) is 11.1. The second-order valence-corrected chi connectivity index (χ2v) is 5.39. The van der Waals surface area contributed by atoms with Crippen molar-refractivity contribution in [2.24, 2.45) is 0 Å². The van der Waals surface area contributed by atoms with Gasteiger partial charge in [0, 0.05) is 13.1 Å². The highest BCUT2D eigenvalue weighted by atomic mass is 16.5. The van der Waals surface area contributed by atoms with Crippen LogP contribution < -0.4 is 9.47 Å². The lowest BCUT2D eigenvalue weighted by atomic mass is 10.1. The Labute approximate surface area is 126 Å². The highest BCUT2D eigenvalue weighted by Gasteiger charge is 2.21. The van der Waals surface area contributed by atoms with Crippen molar-refractivity contribution in [1.29, 1.82) is 0 Å². The van der Waals surface area contributed by atoms with E-state index in [-0.39, 0.29) is 19.1 Å². The maximum absolute atomic E-state index is 12.1. The summed E-state index contributed by atoms with van der Waals surface area (Å²) < 4.78 is 11.0. The van der Waals surface area contributed by atoms with E-state index in [1.165, 1.54) is 0 Å². The van der Waals surface area contributed by atoms with Crippen LogP contribution in [0.5, 0.6) is 11.5 Å². The quantitative estimate of drug-likeness (QED) is 0.798. The number of aliphatic hydroxyl groups is 1. The van der Waals surface area contributed by atoms with Gasteiger partial charge in [-0.15, -0.1) is 0 Å². The molecule has 1 aromatic carbocycles. The van der Waals surface area contributed by atoms with Crippen LogP contribution >= 0.6 is 0 Å². The molecule has 0 bridgehead atoms. The third-order valence-corrected chi connectivity index (χ3v) is 2.81. The fraction of sp³-hybridized carbons (Fsp3) is 0.562. The number of carbonyl (C=O) groups excluding carboxylic acids is 1. The highest BCUT2D eigenvalue weighted by molar-refractivity contribution is 5.77. The van der Waals surface area contributed by atoms with Crippen LogP contribution in [0, 0.1) is 0 Å². The van der Waals surface area contributed by atoms with E-state index in [1.54, 1.807) is 30.9 Å². The summed E-state index contributed by atoms with van der Waals surface area (Å²) in [6.07, 6.45) is 0. The van der Waals surface area contributed by atoms with E-state index >= 15 is 0 Å². The molecule has 1 aromatic rings. The molecule has 0 saturated heterocycles. The van der Waals surface area contributed by atoms with Gasteiger partial charge in [0.2, 0.25) is 0 Å². The van der Waals surface area contributed by atoms with Crippen molar-refractivity contribution in [2.45, 2.75) is 33.3 Å². The van der Waals surface area contributed by atoms with E-state index in [4.69, 9.17) is 9.47 Å². The number of hydrogen-bond donors (Lipinski definition) is 1. The lowest BCUT2D eigenvalue weighted by molar-refractivity contribution is -0.136. The van der Waals surface area contributed by atoms with Gasteiger partial charge in [0.25, 0.3) is 5.91 Å². The molecule has 0 fully saturated rings. The van der Waals surface area contributed by atoms with Crippen molar-refractivity contribution in [3.63, 3.8) is 0 Å². The molecule has 0 aromatic heterocycles. The predicted molar refractivity (Wildman–Crippen MR) is 81.7 cm³/mol. The van der Waals surface area contributed by atoms with Gasteiger partial charge in [-0.2, -0.15) is 0 Å². The second-order valence-electron chi connectivity index (χ2n) is 5.39. The Bertz CT molecular complexity index is 454. The minimum absolute atomic E-state index is 0.0754. The lowest BCUT2D eigenvalue weighted by Crippen LogP contribution is -2.44. The predicted octanol–water partition coefficient (Wildman–Crippen LogP) is 2.08. The Kier molecular flexibility index (Phi) is 6.49. The number of likely N-dealkylation sites (N-methyl/N-ethyl adjacent to an activating group) is 1. The standard InChI is InChI=1S/C16H25NO4/c1-5-17(12-16(3,4)19)15(18)11-21-14-10-8-7-9-13(14)20-6-2/h7-10,19H,5-6,11-12H2,1-4H3. The third-order valence-electron chi connectivity index (χ3n) is 2.81. The molecule has 0 spiro atoms. The first-order valence-corrected chi connectivity index (χ1v) is 7.22. The van der Waals surface area contributed by atoms with Gasteiger partial charge in [-0.25, -0.2) is 0 Å². The Balaban J connectivity index is 2.63. The summed E-state index contributed by atoms with van der Waals surface area (Å²) >= 11 is 0. The summed E-state index contributed by atoms with van der Waals surface area (Å²) in [7, 11) is 0. The van der Waals surface area contributed by atoms with Crippen LogP contribution in [0.15, 0.2) is 24.3 Å². The minimum atomic E-state index is -0.922. The molecule has 21 heavy (non-hydrogen) atoms. The van der Waals surface area contributed by atoms with Crippen molar-refractivity contribution in [2.75, 3.05) is 26.3 Å². The summed E-state index contributed by atoms with van der Waals surface area (Å²) in [5.41, 5.74) is -0.922. The molecule has 0 aliphatic carbocycles. The molecule has 5 heteroatoms. The van der Waals surface area contributed by atoms with Gasteiger partial charge in [0.15, 0.2) is 18.1 Å². The number of benzene rings is 1. The SMILES string of the molecule is CCOc1ccccc1OCC(=O)N(CC)CC(C)(C)O. The van der Waals surface area contributed by atoms with Gasteiger partial charge in [-0.1, -0.05) is 12.1 Å². The van der Waals surface area contributed by atoms with E-state index in [0.717, 1.165) is 0 Å². The topological polar surface area (TPSA) is 59.0 Å². The van der Waals surface area contributed by atoms with Gasteiger partial charge in [-0.05, 0) is 39.8 Å². The molecule has 118 valence electrons. The van der Waals surface area contributed by atoms with Crippen molar-refractivity contribution in [3.05, 3.63) is 24.3 Å². The van der Waals surface area contributed by atoms with Gasteiger partial charge in [0.1, 0.15) is 0 Å². The van der Waals surface area contributed by atoms with E-state index in [2.05, 4.69) is 0 Å². The first-order chi connectivity index (χ1) is 9.87. The molecular weight excluding hydrogens is 270 g/mol. The van der Waals surface area contributed by atoms with Crippen LogP contribution in [-0.2, 0) is 4.79 Å². The fourth-order valence-electron chi connectivity index (χ4n) is 1.92. The fourth-order valence-corrected chi connectivity index (χ4v) is 1.92. The van der Waals surface area contributed by atoms with Crippen molar-refractivity contribution >= 4 is 5.91 Å². The number of para-hydroxylation sites is 2. The Hall–Kier alpha value is -1.75. The maximum atomic E-state index is 12.1. The molecule has 0 atom stereocenters. The summed E-state index contributed by atoms with van der Waals surface area (Å²) in [6, 6.07) is 7.26. The van der Waals surface area contributed by atoms with Crippen molar-refractivity contribution in [1.82, 2.24) is 4.90 Å². The number of nitrogens with zero attached hydrogens (tertiary/aromatic N) is 1. The van der Waals surface area contributed by atoms with Gasteiger partial charge < -0.3 is 19.5 Å². The minimum Gasteiger partial charge on any atom is -0.490 e. The Morgan fingerprint density at radius 3 is 2.24 bits per heavy atom. The zero-order valence-corrected chi connectivity index (χ0v) is 13.3. The number of hydrogen-bond acceptors (Lipinski definition) is 4. The average molecular weight is 295 g/mol. The second kappa shape index (κ2) is 7.88. The maximum Gasteiger partial charge on any atom is 0.260 e. The molecular formula is C16H25NO4. The van der Waals surface area contributed by atoms with Crippen LogP contribution in [0.1, 0.15) is 27.7 Å². The number of amides is 1. The summed E-state index contributed by atoms with van der Waals surface area (Å²) in [5.74, 6) is 1.01. The van der Waals surface area contributed by atoms with E-state index in [1.807, 2.05) is 26.0 Å². The van der Waals surface area contributed by atoms with E-state index in [0.29, 0.717) is 24.7 Å². The van der Waals surface area contributed by atoms with Gasteiger partial charge in [0.05, 0.1) is 12.2 Å². The van der Waals surface area contributed by atoms with Crippen LogP contribution in [0.4, 0.5) is 0 Å². The monoisotopic (exact) mass is 295 g/mol. The van der Waals surface area contributed by atoms with E-state index in [9.17, 15) is 9.90 Å². The molecule has 0 heterocycles. The molecule has 5 nitrogen and oxygen atoms in total. The molecule has 1 rings (SSSR count). The molecule has 0 unspecified atom stereocenters. The molecule has 0 saturated carbocycles. The smallest absolute Gasteiger partial charge is 0.260 e. The first kappa shape index (κ1) is 17.3. The average Bonchev–Trinajstić information content (AvgIpc) is 2.43. The molecule has 0 aliphatic heterocycles. The third kappa shape index (κ3) is 6.04. The largest absolute Gasteiger partial charge is 0.490 e. The van der Waals surface area contributed by atoms with Crippen LogP contribution in [0.3, 0.4) is 0 Å². The Morgan fingerprint density at radius 1 is 1.19 bits per heavy atom. The molecule has 0 radical (unpaired) electrons. The zero-order chi connectivity index (χ0) is 15.9.